The van der Waals surface area contributed by atoms with Gasteiger partial charge in [-0.15, -0.1) is 0 Å². The molecule has 3 amide bonds. The van der Waals surface area contributed by atoms with E-state index in [9.17, 15) is 24.3 Å². The zero-order valence-corrected chi connectivity index (χ0v) is 18.9. The van der Waals surface area contributed by atoms with Crippen molar-refractivity contribution in [3.8, 4) is 0 Å². The van der Waals surface area contributed by atoms with Crippen LogP contribution in [0.2, 0.25) is 0 Å². The summed E-state index contributed by atoms with van der Waals surface area (Å²) in [5, 5.41) is 9.70. The molecule has 2 unspecified atom stereocenters. The highest BCUT2D eigenvalue weighted by Gasteiger charge is 2.49. The fourth-order valence-corrected chi connectivity index (χ4v) is 3.45. The van der Waals surface area contributed by atoms with Crippen molar-refractivity contribution in [2.75, 3.05) is 13.6 Å². The number of carboxylic acids is 1. The number of carbonyl (C=O) groups is 4. The molecule has 1 aliphatic heterocycles. The molecule has 0 spiro atoms. The number of carboxylic acid groups (broad SMARTS) is 1. The highest BCUT2D eigenvalue weighted by Crippen LogP contribution is 2.30. The standard InChI is InChI=1S/C21H36N2O6/c1-13(2)12-15(16(24)25)14(17(26)29-20(3,4)5)10-9-11-23-18(27)21(6,7)22(8)19(23)28/h13-15H,9-12H2,1-8H3,(H,24,25). The van der Waals surface area contributed by atoms with Crippen molar-refractivity contribution < 1.29 is 29.0 Å². The van der Waals surface area contributed by atoms with Crippen molar-refractivity contribution >= 4 is 23.9 Å². The maximum Gasteiger partial charge on any atom is 0.327 e. The molecule has 1 saturated heterocycles. The van der Waals surface area contributed by atoms with E-state index in [1.807, 2.05) is 13.8 Å². The van der Waals surface area contributed by atoms with Crippen LogP contribution in [0.5, 0.6) is 0 Å². The molecule has 0 saturated carbocycles. The zero-order valence-electron chi connectivity index (χ0n) is 18.9. The number of imide groups is 1. The number of nitrogens with zero attached hydrogens (tertiary/aromatic N) is 2. The van der Waals surface area contributed by atoms with Gasteiger partial charge in [-0.1, -0.05) is 13.8 Å². The summed E-state index contributed by atoms with van der Waals surface area (Å²) in [4.78, 5) is 52.1. The van der Waals surface area contributed by atoms with E-state index in [0.29, 0.717) is 12.8 Å². The summed E-state index contributed by atoms with van der Waals surface area (Å²) in [5.74, 6) is -3.51. The summed E-state index contributed by atoms with van der Waals surface area (Å²) in [6, 6.07) is -0.384. The third-order valence-corrected chi connectivity index (χ3v) is 5.26. The molecule has 1 aliphatic rings. The molecule has 1 fully saturated rings. The van der Waals surface area contributed by atoms with Gasteiger partial charge in [-0.25, -0.2) is 4.79 Å². The Morgan fingerprint density at radius 2 is 1.69 bits per heavy atom. The molecule has 0 radical (unpaired) electrons. The Labute approximate surface area is 173 Å². The molecule has 1 heterocycles. The van der Waals surface area contributed by atoms with Gasteiger partial charge in [0.25, 0.3) is 5.91 Å². The molecule has 8 heteroatoms. The zero-order chi connectivity index (χ0) is 22.7. The first-order chi connectivity index (χ1) is 13.1. The predicted octanol–water partition coefficient (Wildman–Crippen LogP) is 3.14. The SMILES string of the molecule is CC(C)CC(C(=O)O)C(CCCN1C(=O)N(C)C(C)(C)C1=O)C(=O)OC(C)(C)C. The maximum absolute atomic E-state index is 12.8. The highest BCUT2D eigenvalue weighted by atomic mass is 16.6. The van der Waals surface area contributed by atoms with Gasteiger partial charge in [0.2, 0.25) is 0 Å². The Balaban J connectivity index is 2.95. The van der Waals surface area contributed by atoms with Crippen LogP contribution in [0.1, 0.15) is 67.7 Å². The van der Waals surface area contributed by atoms with E-state index in [4.69, 9.17) is 4.74 Å². The number of esters is 1. The van der Waals surface area contributed by atoms with Gasteiger partial charge in [-0.05, 0) is 59.8 Å². The number of aliphatic carboxylic acids is 1. The summed E-state index contributed by atoms with van der Waals surface area (Å²) in [7, 11) is 1.58. The first-order valence-electron chi connectivity index (χ1n) is 10.1. The summed E-state index contributed by atoms with van der Waals surface area (Å²) >= 11 is 0. The van der Waals surface area contributed by atoms with Crippen LogP contribution in [0.15, 0.2) is 0 Å². The second-order valence-corrected chi connectivity index (χ2v) is 9.71. The lowest BCUT2D eigenvalue weighted by Crippen LogP contribution is -2.41. The summed E-state index contributed by atoms with van der Waals surface area (Å²) in [6.45, 7) is 12.5. The Bertz CT molecular complexity index is 650. The predicted molar refractivity (Wildman–Crippen MR) is 108 cm³/mol. The molecule has 166 valence electrons. The number of rotatable bonds is 9. The van der Waals surface area contributed by atoms with Crippen molar-refractivity contribution in [3.63, 3.8) is 0 Å². The van der Waals surface area contributed by atoms with E-state index in [2.05, 4.69) is 0 Å². The second-order valence-electron chi connectivity index (χ2n) is 9.71. The summed E-state index contributed by atoms with van der Waals surface area (Å²) in [6.07, 6.45) is 0.892. The molecule has 0 aromatic rings. The molecular formula is C21H36N2O6. The van der Waals surface area contributed by atoms with E-state index in [0.717, 1.165) is 0 Å². The Kier molecular flexibility index (Phi) is 7.85. The largest absolute Gasteiger partial charge is 0.481 e. The quantitative estimate of drug-likeness (QED) is 0.461. The van der Waals surface area contributed by atoms with Gasteiger partial charge in [0.15, 0.2) is 0 Å². The Morgan fingerprint density at radius 1 is 1.14 bits per heavy atom. The molecule has 0 aliphatic carbocycles. The minimum atomic E-state index is -1.04. The number of hydrogen-bond acceptors (Lipinski definition) is 5. The Morgan fingerprint density at radius 3 is 2.07 bits per heavy atom. The van der Waals surface area contributed by atoms with Crippen LogP contribution in [-0.2, 0) is 19.1 Å². The molecule has 8 nitrogen and oxygen atoms in total. The molecule has 0 bridgehead atoms. The Hall–Kier alpha value is -2.12. The van der Waals surface area contributed by atoms with Crippen molar-refractivity contribution in [3.05, 3.63) is 0 Å². The highest BCUT2D eigenvalue weighted by molar-refractivity contribution is 6.06. The van der Waals surface area contributed by atoms with Gasteiger partial charge in [0.1, 0.15) is 11.1 Å². The van der Waals surface area contributed by atoms with Gasteiger partial charge in [-0.3, -0.25) is 19.3 Å². The number of ether oxygens (including phenoxy) is 1. The fourth-order valence-electron chi connectivity index (χ4n) is 3.45. The van der Waals surface area contributed by atoms with Crippen LogP contribution >= 0.6 is 0 Å². The summed E-state index contributed by atoms with van der Waals surface area (Å²) < 4.78 is 5.47. The fraction of sp³-hybridized carbons (Fsp3) is 0.810. The van der Waals surface area contributed by atoms with Crippen molar-refractivity contribution in [2.45, 2.75) is 78.9 Å². The monoisotopic (exact) mass is 412 g/mol. The first-order valence-corrected chi connectivity index (χ1v) is 10.1. The van der Waals surface area contributed by atoms with Crippen LogP contribution in [0.4, 0.5) is 4.79 Å². The van der Waals surface area contributed by atoms with Gasteiger partial charge in [-0.2, -0.15) is 0 Å². The number of carbonyl (C=O) groups excluding carboxylic acids is 3. The maximum atomic E-state index is 12.8. The number of amides is 3. The third kappa shape index (κ3) is 6.18. The minimum absolute atomic E-state index is 0.0947. The molecule has 0 aromatic carbocycles. The lowest BCUT2D eigenvalue weighted by atomic mass is 9.82. The topological polar surface area (TPSA) is 104 Å². The van der Waals surface area contributed by atoms with E-state index in [1.54, 1.807) is 41.7 Å². The number of urea groups is 1. The van der Waals surface area contributed by atoms with Crippen LogP contribution in [0.3, 0.4) is 0 Å². The molecule has 2 atom stereocenters. The lowest BCUT2D eigenvalue weighted by molar-refractivity contribution is -0.167. The van der Waals surface area contributed by atoms with Crippen LogP contribution < -0.4 is 0 Å². The van der Waals surface area contributed by atoms with E-state index < -0.39 is 34.9 Å². The average Bonchev–Trinajstić information content (AvgIpc) is 2.69. The summed E-state index contributed by atoms with van der Waals surface area (Å²) in [5.41, 5.74) is -1.65. The minimum Gasteiger partial charge on any atom is -0.481 e. The normalized spacial score (nSPS) is 18.9. The van der Waals surface area contributed by atoms with Crippen molar-refractivity contribution in [1.82, 2.24) is 9.80 Å². The van der Waals surface area contributed by atoms with Gasteiger partial charge in [0.05, 0.1) is 11.8 Å². The number of likely N-dealkylation sites (N-methyl/N-ethyl adjacent to an activating group) is 1. The van der Waals surface area contributed by atoms with E-state index in [-0.39, 0.29) is 30.8 Å². The van der Waals surface area contributed by atoms with Gasteiger partial charge in [0, 0.05) is 13.6 Å². The smallest absolute Gasteiger partial charge is 0.327 e. The van der Waals surface area contributed by atoms with Gasteiger partial charge < -0.3 is 14.7 Å². The van der Waals surface area contributed by atoms with Crippen LogP contribution in [0, 0.1) is 17.8 Å². The first kappa shape index (κ1) is 24.9. The van der Waals surface area contributed by atoms with Crippen molar-refractivity contribution in [2.24, 2.45) is 17.8 Å². The van der Waals surface area contributed by atoms with Crippen LogP contribution in [0.25, 0.3) is 0 Å². The molecular weight excluding hydrogens is 376 g/mol. The third-order valence-electron chi connectivity index (χ3n) is 5.26. The van der Waals surface area contributed by atoms with E-state index in [1.165, 1.54) is 9.80 Å². The second kappa shape index (κ2) is 9.13. The molecule has 0 aromatic heterocycles. The lowest BCUT2D eigenvalue weighted by Gasteiger charge is -2.28. The average molecular weight is 413 g/mol. The van der Waals surface area contributed by atoms with E-state index >= 15 is 0 Å². The van der Waals surface area contributed by atoms with Crippen molar-refractivity contribution in [1.29, 1.82) is 0 Å². The number of hydrogen-bond donors (Lipinski definition) is 1. The molecule has 1 rings (SSSR count). The molecule has 29 heavy (non-hydrogen) atoms. The van der Waals surface area contributed by atoms with Crippen LogP contribution in [-0.4, -0.2) is 63.5 Å². The van der Waals surface area contributed by atoms with Gasteiger partial charge >= 0.3 is 18.0 Å². The molecule has 1 N–H and O–H groups in total.